The number of nitrogens with zero attached hydrogens (tertiary/aromatic N) is 2. The number of aliphatic hydroxyl groups is 1. The number of benzene rings is 1. The Bertz CT molecular complexity index is 524. The van der Waals surface area contributed by atoms with Crippen molar-refractivity contribution in [2.75, 3.05) is 0 Å². The standard InChI is InChI=1S/C13H14F2N2O2/c1-9(18)10-2-4-11(5-3-10)19-8-12-16-6-7-17(12)13(14)15/h2-7,9,13,18H,8H2,1H3. The molecule has 1 N–H and O–H groups in total. The van der Waals surface area contributed by atoms with Crippen molar-refractivity contribution < 1.29 is 18.6 Å². The average Bonchev–Trinajstić information content (AvgIpc) is 2.85. The highest BCUT2D eigenvalue weighted by molar-refractivity contribution is 5.28. The van der Waals surface area contributed by atoms with Gasteiger partial charge in [0.05, 0.1) is 6.10 Å². The molecule has 0 spiro atoms. The van der Waals surface area contributed by atoms with Crippen LogP contribution in [0, 0.1) is 0 Å². The Morgan fingerprint density at radius 3 is 2.58 bits per heavy atom. The van der Waals surface area contributed by atoms with Crippen LogP contribution in [-0.4, -0.2) is 14.7 Å². The van der Waals surface area contributed by atoms with Crippen molar-refractivity contribution in [1.29, 1.82) is 0 Å². The van der Waals surface area contributed by atoms with Gasteiger partial charge in [-0.25, -0.2) is 4.98 Å². The zero-order valence-corrected chi connectivity index (χ0v) is 10.3. The second-order valence-electron chi connectivity index (χ2n) is 4.06. The van der Waals surface area contributed by atoms with Gasteiger partial charge in [0.25, 0.3) is 0 Å². The van der Waals surface area contributed by atoms with Gasteiger partial charge in [0.2, 0.25) is 0 Å². The van der Waals surface area contributed by atoms with Gasteiger partial charge >= 0.3 is 6.55 Å². The van der Waals surface area contributed by atoms with Gasteiger partial charge in [-0.2, -0.15) is 8.78 Å². The molecule has 102 valence electrons. The number of aliphatic hydroxyl groups excluding tert-OH is 1. The summed E-state index contributed by atoms with van der Waals surface area (Å²) in [6.45, 7) is -1.00. The second kappa shape index (κ2) is 5.79. The van der Waals surface area contributed by atoms with Crippen molar-refractivity contribution in [3.63, 3.8) is 0 Å². The fourth-order valence-corrected chi connectivity index (χ4v) is 1.62. The summed E-state index contributed by atoms with van der Waals surface area (Å²) in [5, 5.41) is 9.35. The Morgan fingerprint density at radius 2 is 2.00 bits per heavy atom. The lowest BCUT2D eigenvalue weighted by atomic mass is 10.1. The predicted octanol–water partition coefficient (Wildman–Crippen LogP) is 2.91. The number of ether oxygens (including phenoxy) is 1. The molecule has 0 amide bonds. The van der Waals surface area contributed by atoms with E-state index in [1.165, 1.54) is 12.4 Å². The third kappa shape index (κ3) is 3.29. The number of rotatable bonds is 5. The fourth-order valence-electron chi connectivity index (χ4n) is 1.62. The molecule has 0 fully saturated rings. The minimum Gasteiger partial charge on any atom is -0.486 e. The van der Waals surface area contributed by atoms with Gasteiger partial charge in [-0.15, -0.1) is 0 Å². The Kier molecular flexibility index (Phi) is 4.11. The van der Waals surface area contributed by atoms with Gasteiger partial charge in [-0.1, -0.05) is 12.1 Å². The van der Waals surface area contributed by atoms with Crippen LogP contribution in [0.1, 0.15) is 31.0 Å². The van der Waals surface area contributed by atoms with Crippen LogP contribution in [0.2, 0.25) is 0 Å². The zero-order chi connectivity index (χ0) is 13.8. The van der Waals surface area contributed by atoms with E-state index < -0.39 is 12.7 Å². The van der Waals surface area contributed by atoms with E-state index in [0.29, 0.717) is 5.75 Å². The van der Waals surface area contributed by atoms with Crippen LogP contribution in [0.15, 0.2) is 36.7 Å². The molecule has 0 radical (unpaired) electrons. The molecular formula is C13H14F2N2O2. The summed E-state index contributed by atoms with van der Waals surface area (Å²) in [6.07, 6.45) is 1.97. The molecule has 4 nitrogen and oxygen atoms in total. The fraction of sp³-hybridized carbons (Fsp3) is 0.308. The molecule has 19 heavy (non-hydrogen) atoms. The van der Waals surface area contributed by atoms with E-state index in [2.05, 4.69) is 4.98 Å². The minimum absolute atomic E-state index is 0.0363. The lowest BCUT2D eigenvalue weighted by molar-refractivity contribution is 0.0632. The molecule has 1 unspecified atom stereocenters. The topological polar surface area (TPSA) is 47.3 Å². The SMILES string of the molecule is CC(O)c1ccc(OCc2nccn2C(F)F)cc1. The molecule has 0 aliphatic rings. The van der Waals surface area contributed by atoms with Gasteiger partial charge in [0, 0.05) is 12.4 Å². The largest absolute Gasteiger partial charge is 0.486 e. The first kappa shape index (κ1) is 13.5. The molecule has 1 aromatic heterocycles. The van der Waals surface area contributed by atoms with E-state index in [1.54, 1.807) is 31.2 Å². The number of halogens is 2. The summed E-state index contributed by atoms with van der Waals surface area (Å²) in [5.74, 6) is 0.697. The summed E-state index contributed by atoms with van der Waals surface area (Å²) >= 11 is 0. The van der Waals surface area contributed by atoms with Crippen LogP contribution in [0.5, 0.6) is 5.75 Å². The van der Waals surface area contributed by atoms with Gasteiger partial charge < -0.3 is 9.84 Å². The lowest BCUT2D eigenvalue weighted by Gasteiger charge is -2.09. The van der Waals surface area contributed by atoms with Gasteiger partial charge in [-0.3, -0.25) is 4.57 Å². The maximum absolute atomic E-state index is 12.6. The third-order valence-electron chi connectivity index (χ3n) is 2.69. The highest BCUT2D eigenvalue weighted by Crippen LogP contribution is 2.19. The Balaban J connectivity index is 2.00. The minimum atomic E-state index is -2.63. The van der Waals surface area contributed by atoms with Crippen molar-refractivity contribution in [3.05, 3.63) is 48.0 Å². The van der Waals surface area contributed by atoms with Crippen molar-refractivity contribution in [2.24, 2.45) is 0 Å². The molecule has 6 heteroatoms. The van der Waals surface area contributed by atoms with Gasteiger partial charge in [-0.05, 0) is 24.6 Å². The van der Waals surface area contributed by atoms with Crippen molar-refractivity contribution >= 4 is 0 Å². The number of hydrogen-bond donors (Lipinski definition) is 1. The maximum atomic E-state index is 12.6. The molecule has 1 heterocycles. The summed E-state index contributed by atoms with van der Waals surface area (Å²) in [6, 6.07) is 6.80. The normalized spacial score (nSPS) is 12.7. The van der Waals surface area contributed by atoms with Crippen LogP contribution >= 0.6 is 0 Å². The number of alkyl halides is 2. The highest BCUT2D eigenvalue weighted by Gasteiger charge is 2.11. The highest BCUT2D eigenvalue weighted by atomic mass is 19.3. The molecule has 1 atom stereocenters. The van der Waals surface area contributed by atoms with E-state index in [1.807, 2.05) is 0 Å². The lowest BCUT2D eigenvalue weighted by Crippen LogP contribution is -2.07. The first-order chi connectivity index (χ1) is 9.08. The molecular weight excluding hydrogens is 254 g/mol. The monoisotopic (exact) mass is 268 g/mol. The van der Waals surface area contributed by atoms with E-state index in [-0.39, 0.29) is 12.4 Å². The van der Waals surface area contributed by atoms with Crippen LogP contribution in [0.4, 0.5) is 8.78 Å². The van der Waals surface area contributed by atoms with E-state index >= 15 is 0 Å². The van der Waals surface area contributed by atoms with Crippen LogP contribution in [0.3, 0.4) is 0 Å². The van der Waals surface area contributed by atoms with Crippen molar-refractivity contribution in [2.45, 2.75) is 26.2 Å². The maximum Gasteiger partial charge on any atom is 0.320 e. The molecule has 0 saturated heterocycles. The van der Waals surface area contributed by atoms with Crippen molar-refractivity contribution in [1.82, 2.24) is 9.55 Å². The zero-order valence-electron chi connectivity index (χ0n) is 10.3. The number of aromatic nitrogens is 2. The summed E-state index contributed by atoms with van der Waals surface area (Å²) in [7, 11) is 0. The van der Waals surface area contributed by atoms with E-state index in [0.717, 1.165) is 10.1 Å². The van der Waals surface area contributed by atoms with Gasteiger partial charge in [0.1, 0.15) is 12.4 Å². The summed E-state index contributed by atoms with van der Waals surface area (Å²) < 4.78 is 31.3. The van der Waals surface area contributed by atoms with Crippen LogP contribution in [0.25, 0.3) is 0 Å². The molecule has 1 aromatic carbocycles. The molecule has 0 aliphatic heterocycles. The Morgan fingerprint density at radius 1 is 1.32 bits per heavy atom. The predicted molar refractivity (Wildman–Crippen MR) is 64.9 cm³/mol. The first-order valence-corrected chi connectivity index (χ1v) is 5.78. The molecule has 0 aliphatic carbocycles. The summed E-state index contributed by atoms with van der Waals surface area (Å²) in [4.78, 5) is 3.82. The number of imidazole rings is 1. The Labute approximate surface area is 109 Å². The quantitative estimate of drug-likeness (QED) is 0.907. The smallest absolute Gasteiger partial charge is 0.320 e. The van der Waals surface area contributed by atoms with E-state index in [9.17, 15) is 13.9 Å². The number of hydrogen-bond acceptors (Lipinski definition) is 3. The molecule has 0 bridgehead atoms. The average molecular weight is 268 g/mol. The molecule has 2 aromatic rings. The van der Waals surface area contributed by atoms with Crippen molar-refractivity contribution in [3.8, 4) is 5.75 Å². The molecule has 2 rings (SSSR count). The van der Waals surface area contributed by atoms with Crippen LogP contribution < -0.4 is 4.74 Å². The van der Waals surface area contributed by atoms with E-state index in [4.69, 9.17) is 4.74 Å². The summed E-state index contributed by atoms with van der Waals surface area (Å²) in [5.41, 5.74) is 0.765. The third-order valence-corrected chi connectivity index (χ3v) is 2.69. The Hall–Kier alpha value is -1.95. The van der Waals surface area contributed by atoms with Gasteiger partial charge in [0.15, 0.2) is 5.82 Å². The molecule has 0 saturated carbocycles. The van der Waals surface area contributed by atoms with Crippen LogP contribution in [-0.2, 0) is 6.61 Å². The second-order valence-corrected chi connectivity index (χ2v) is 4.06. The first-order valence-electron chi connectivity index (χ1n) is 5.78.